The number of aromatic amines is 1. The molecule has 1 unspecified atom stereocenters. The van der Waals surface area contributed by atoms with Crippen molar-refractivity contribution in [3.8, 4) is 0 Å². The Bertz CT molecular complexity index is 383. The highest BCUT2D eigenvalue weighted by molar-refractivity contribution is 5.90. The average Bonchev–Trinajstić information content (AvgIpc) is 2.89. The first-order valence-corrected chi connectivity index (χ1v) is 6.07. The maximum absolute atomic E-state index is 11.8. The minimum Gasteiger partial charge on any atom is -0.346 e. The summed E-state index contributed by atoms with van der Waals surface area (Å²) in [6.45, 7) is 6.96. The summed E-state index contributed by atoms with van der Waals surface area (Å²) in [5, 5.41) is 9.41. The van der Waals surface area contributed by atoms with Crippen molar-refractivity contribution < 1.29 is 4.79 Å². The lowest BCUT2D eigenvalue weighted by Gasteiger charge is -2.20. The fourth-order valence-electron chi connectivity index (χ4n) is 2.13. The highest BCUT2D eigenvalue weighted by atomic mass is 16.2. The van der Waals surface area contributed by atoms with Gasteiger partial charge in [-0.3, -0.25) is 9.89 Å². The van der Waals surface area contributed by atoms with Crippen LogP contribution in [0.4, 0.5) is 0 Å². The van der Waals surface area contributed by atoms with Crippen molar-refractivity contribution in [1.29, 1.82) is 0 Å². The lowest BCUT2D eigenvalue weighted by molar-refractivity contribution is 0.0921. The number of aryl methyl sites for hydroxylation is 1. The molecule has 0 saturated carbocycles. The van der Waals surface area contributed by atoms with E-state index in [9.17, 15) is 4.79 Å². The molecule has 1 fully saturated rings. The number of rotatable bonds is 4. The lowest BCUT2D eigenvalue weighted by Crippen LogP contribution is -2.41. The Labute approximate surface area is 101 Å². The van der Waals surface area contributed by atoms with E-state index in [0.717, 1.165) is 19.6 Å². The van der Waals surface area contributed by atoms with Gasteiger partial charge in [-0.25, -0.2) is 4.98 Å². The third kappa shape index (κ3) is 3.26. The Balaban J connectivity index is 1.81. The summed E-state index contributed by atoms with van der Waals surface area (Å²) < 4.78 is 0. The molecule has 0 bridgehead atoms. The van der Waals surface area contributed by atoms with E-state index in [1.54, 1.807) is 6.92 Å². The highest BCUT2D eigenvalue weighted by Crippen LogP contribution is 2.07. The minimum atomic E-state index is -0.207. The number of carbonyl (C=O) groups excluding carboxylic acids is 1. The first-order valence-electron chi connectivity index (χ1n) is 6.07. The molecule has 0 aromatic carbocycles. The first kappa shape index (κ1) is 12.0. The molecule has 94 valence electrons. The number of nitrogens with one attached hydrogen (secondary N) is 2. The van der Waals surface area contributed by atoms with Gasteiger partial charge in [0.1, 0.15) is 5.82 Å². The van der Waals surface area contributed by atoms with E-state index in [1.165, 1.54) is 12.8 Å². The van der Waals surface area contributed by atoms with Gasteiger partial charge in [0, 0.05) is 12.6 Å². The Morgan fingerprint density at radius 2 is 2.24 bits per heavy atom. The second kappa shape index (κ2) is 5.27. The van der Waals surface area contributed by atoms with Gasteiger partial charge in [-0.15, -0.1) is 5.10 Å². The first-order chi connectivity index (χ1) is 8.15. The number of nitrogens with zero attached hydrogens (tertiary/aromatic N) is 3. The summed E-state index contributed by atoms with van der Waals surface area (Å²) in [4.78, 5) is 18.1. The summed E-state index contributed by atoms with van der Waals surface area (Å²) in [6.07, 6.45) is 2.53. The van der Waals surface area contributed by atoms with E-state index in [0.29, 0.717) is 5.82 Å². The fourth-order valence-corrected chi connectivity index (χ4v) is 2.13. The van der Waals surface area contributed by atoms with Gasteiger partial charge in [-0.1, -0.05) is 0 Å². The molecule has 1 atom stereocenters. The topological polar surface area (TPSA) is 73.9 Å². The Morgan fingerprint density at radius 1 is 1.53 bits per heavy atom. The molecule has 0 spiro atoms. The predicted molar refractivity (Wildman–Crippen MR) is 63.7 cm³/mol. The van der Waals surface area contributed by atoms with Crippen LogP contribution in [0.5, 0.6) is 0 Å². The Hall–Kier alpha value is -1.43. The van der Waals surface area contributed by atoms with E-state index in [-0.39, 0.29) is 17.8 Å². The van der Waals surface area contributed by atoms with E-state index in [1.807, 2.05) is 6.92 Å². The number of amides is 1. The van der Waals surface area contributed by atoms with Crippen LogP contribution < -0.4 is 5.32 Å². The van der Waals surface area contributed by atoms with Crippen molar-refractivity contribution in [2.45, 2.75) is 32.7 Å². The fraction of sp³-hybridized carbons (Fsp3) is 0.727. The molecule has 2 rings (SSSR count). The van der Waals surface area contributed by atoms with E-state index in [4.69, 9.17) is 0 Å². The van der Waals surface area contributed by atoms with Crippen molar-refractivity contribution in [1.82, 2.24) is 25.4 Å². The number of likely N-dealkylation sites (tertiary alicyclic amines) is 1. The summed E-state index contributed by atoms with van der Waals surface area (Å²) >= 11 is 0. The molecule has 1 amide bonds. The third-order valence-corrected chi connectivity index (χ3v) is 2.91. The SMILES string of the molecule is Cc1nc(C(=O)NC(C)CN2CCCC2)n[nH]1. The summed E-state index contributed by atoms with van der Waals surface area (Å²) in [5.74, 6) is 0.666. The highest BCUT2D eigenvalue weighted by Gasteiger charge is 2.18. The quantitative estimate of drug-likeness (QED) is 0.791. The zero-order valence-corrected chi connectivity index (χ0v) is 10.4. The molecular weight excluding hydrogens is 218 g/mol. The molecule has 1 aromatic rings. The van der Waals surface area contributed by atoms with Gasteiger partial charge in [-0.2, -0.15) is 0 Å². The zero-order chi connectivity index (χ0) is 12.3. The minimum absolute atomic E-state index is 0.124. The van der Waals surface area contributed by atoms with Crippen LogP contribution in [-0.2, 0) is 0 Å². The normalized spacial score (nSPS) is 18.2. The molecule has 1 saturated heterocycles. The zero-order valence-electron chi connectivity index (χ0n) is 10.4. The molecule has 17 heavy (non-hydrogen) atoms. The second-order valence-electron chi connectivity index (χ2n) is 4.63. The van der Waals surface area contributed by atoms with Gasteiger partial charge in [0.05, 0.1) is 0 Å². The van der Waals surface area contributed by atoms with Gasteiger partial charge in [0.15, 0.2) is 0 Å². The number of carbonyl (C=O) groups is 1. The molecule has 1 aliphatic heterocycles. The van der Waals surface area contributed by atoms with Gasteiger partial charge < -0.3 is 10.2 Å². The summed E-state index contributed by atoms with van der Waals surface area (Å²) in [5.41, 5.74) is 0. The van der Waals surface area contributed by atoms with Gasteiger partial charge in [0.2, 0.25) is 5.82 Å². The van der Waals surface area contributed by atoms with Gasteiger partial charge >= 0.3 is 0 Å². The maximum Gasteiger partial charge on any atom is 0.291 e. The van der Waals surface area contributed by atoms with Crippen molar-refractivity contribution in [3.63, 3.8) is 0 Å². The lowest BCUT2D eigenvalue weighted by atomic mass is 10.3. The molecule has 2 N–H and O–H groups in total. The van der Waals surface area contributed by atoms with Gasteiger partial charge in [-0.05, 0) is 39.8 Å². The second-order valence-corrected chi connectivity index (χ2v) is 4.63. The molecule has 1 aromatic heterocycles. The van der Waals surface area contributed by atoms with Crippen molar-refractivity contribution in [2.24, 2.45) is 0 Å². The van der Waals surface area contributed by atoms with Crippen molar-refractivity contribution in [2.75, 3.05) is 19.6 Å². The molecule has 0 aliphatic carbocycles. The summed E-state index contributed by atoms with van der Waals surface area (Å²) in [6, 6.07) is 0.124. The third-order valence-electron chi connectivity index (χ3n) is 2.91. The predicted octanol–water partition coefficient (Wildman–Crippen LogP) is 0.327. The standard InChI is InChI=1S/C11H19N5O/c1-8(7-16-5-3-4-6-16)12-11(17)10-13-9(2)14-15-10/h8H,3-7H2,1-2H3,(H,12,17)(H,13,14,15). The van der Waals surface area contributed by atoms with E-state index < -0.39 is 0 Å². The van der Waals surface area contributed by atoms with Crippen molar-refractivity contribution in [3.05, 3.63) is 11.6 Å². The Morgan fingerprint density at radius 3 is 2.82 bits per heavy atom. The number of hydrogen-bond donors (Lipinski definition) is 2. The van der Waals surface area contributed by atoms with Crippen LogP contribution in [0.15, 0.2) is 0 Å². The number of aromatic nitrogens is 3. The molecule has 1 aliphatic rings. The van der Waals surface area contributed by atoms with Crippen LogP contribution in [0.25, 0.3) is 0 Å². The number of H-pyrrole nitrogens is 1. The van der Waals surface area contributed by atoms with E-state index >= 15 is 0 Å². The van der Waals surface area contributed by atoms with Crippen LogP contribution in [0, 0.1) is 6.92 Å². The molecule has 6 nitrogen and oxygen atoms in total. The molecule has 0 radical (unpaired) electrons. The maximum atomic E-state index is 11.8. The van der Waals surface area contributed by atoms with Gasteiger partial charge in [0.25, 0.3) is 5.91 Å². The van der Waals surface area contributed by atoms with Crippen LogP contribution in [0.1, 0.15) is 36.2 Å². The van der Waals surface area contributed by atoms with Crippen LogP contribution >= 0.6 is 0 Å². The van der Waals surface area contributed by atoms with E-state index in [2.05, 4.69) is 25.4 Å². The Kier molecular flexibility index (Phi) is 3.73. The molecule has 6 heteroatoms. The van der Waals surface area contributed by atoms with Crippen LogP contribution in [0.3, 0.4) is 0 Å². The summed E-state index contributed by atoms with van der Waals surface area (Å²) in [7, 11) is 0. The molecular formula is C11H19N5O. The van der Waals surface area contributed by atoms with Crippen LogP contribution in [0.2, 0.25) is 0 Å². The number of hydrogen-bond acceptors (Lipinski definition) is 4. The molecule has 2 heterocycles. The largest absolute Gasteiger partial charge is 0.346 e. The van der Waals surface area contributed by atoms with Crippen molar-refractivity contribution >= 4 is 5.91 Å². The van der Waals surface area contributed by atoms with Crippen LogP contribution in [-0.4, -0.2) is 51.7 Å². The average molecular weight is 237 g/mol. The smallest absolute Gasteiger partial charge is 0.291 e. The monoisotopic (exact) mass is 237 g/mol.